The lowest BCUT2D eigenvalue weighted by Gasteiger charge is -2.55. The molecule has 4 aliphatic rings. The Morgan fingerprint density at radius 3 is 2.67 bits per heavy atom. The van der Waals surface area contributed by atoms with Crippen LogP contribution in [0, 0.1) is 17.8 Å². The summed E-state index contributed by atoms with van der Waals surface area (Å²) in [5.74, 6) is 2.43. The third-order valence-electron chi connectivity index (χ3n) is 4.83. The van der Waals surface area contributed by atoms with Gasteiger partial charge in [-0.05, 0) is 42.0 Å². The second-order valence-electron chi connectivity index (χ2n) is 6.05. The number of hydrogen-bond donors (Lipinski definition) is 1. The minimum Gasteiger partial charge on any atom is -0.348 e. The van der Waals surface area contributed by atoms with E-state index in [0.29, 0.717) is 17.9 Å². The quantitative estimate of drug-likeness (QED) is 0.881. The lowest BCUT2D eigenvalue weighted by Crippen LogP contribution is -2.64. The van der Waals surface area contributed by atoms with Gasteiger partial charge in [-0.25, -0.2) is 0 Å². The van der Waals surface area contributed by atoms with Gasteiger partial charge in [-0.2, -0.15) is 0 Å². The number of carbonyl (C=O) groups is 1. The summed E-state index contributed by atoms with van der Waals surface area (Å²) in [4.78, 5) is 15.6. The van der Waals surface area contributed by atoms with E-state index in [2.05, 4.69) is 10.2 Å². The molecule has 4 bridgehead atoms. The van der Waals surface area contributed by atoms with Gasteiger partial charge in [0.05, 0.1) is 4.88 Å². The zero-order valence-corrected chi connectivity index (χ0v) is 11.2. The largest absolute Gasteiger partial charge is 0.348 e. The predicted molar refractivity (Wildman–Crippen MR) is 71.7 cm³/mol. The molecule has 3 nitrogen and oxygen atoms in total. The highest BCUT2D eigenvalue weighted by Crippen LogP contribution is 2.43. The number of piperidine rings is 3. The predicted octanol–water partition coefficient (Wildman–Crippen LogP) is 1.82. The third-order valence-corrected chi connectivity index (χ3v) is 5.70. The molecule has 4 heterocycles. The molecule has 96 valence electrons. The molecule has 18 heavy (non-hydrogen) atoms. The van der Waals surface area contributed by atoms with Crippen LogP contribution in [0.25, 0.3) is 0 Å². The molecular formula is C14H18N2OS. The van der Waals surface area contributed by atoms with E-state index in [4.69, 9.17) is 0 Å². The van der Waals surface area contributed by atoms with Crippen LogP contribution in [0.1, 0.15) is 22.5 Å². The Balaban J connectivity index is 1.50. The monoisotopic (exact) mass is 262 g/mol. The van der Waals surface area contributed by atoms with Crippen LogP contribution in [0.3, 0.4) is 0 Å². The van der Waals surface area contributed by atoms with Crippen LogP contribution in [0.4, 0.5) is 0 Å². The summed E-state index contributed by atoms with van der Waals surface area (Å²) < 4.78 is 0. The summed E-state index contributed by atoms with van der Waals surface area (Å²) in [7, 11) is 0. The van der Waals surface area contributed by atoms with Crippen molar-refractivity contribution >= 4 is 17.2 Å². The highest BCUT2D eigenvalue weighted by Gasteiger charge is 2.47. The Labute approximate surface area is 111 Å². The van der Waals surface area contributed by atoms with Gasteiger partial charge in [0, 0.05) is 25.7 Å². The van der Waals surface area contributed by atoms with Gasteiger partial charge in [0.15, 0.2) is 0 Å². The maximum absolute atomic E-state index is 12.2. The van der Waals surface area contributed by atoms with Gasteiger partial charge >= 0.3 is 0 Å². The molecule has 1 saturated carbocycles. The average Bonchev–Trinajstić information content (AvgIpc) is 2.86. The topological polar surface area (TPSA) is 32.3 Å². The Hall–Kier alpha value is -0.870. The van der Waals surface area contributed by atoms with E-state index in [1.165, 1.54) is 43.8 Å². The Bertz CT molecular complexity index is 428. The number of carbonyl (C=O) groups excluding carboxylic acids is 1. The van der Waals surface area contributed by atoms with Gasteiger partial charge in [-0.1, -0.05) is 6.07 Å². The Morgan fingerprint density at radius 2 is 2.06 bits per heavy atom. The van der Waals surface area contributed by atoms with E-state index in [-0.39, 0.29) is 5.91 Å². The SMILES string of the molecule is O=C(NC1[C@@H]2CC3C[C@@H]1CN(C3)C2)c1cccs1. The second-order valence-corrected chi connectivity index (χ2v) is 7.00. The van der Waals surface area contributed by atoms with Crippen LogP contribution in [-0.4, -0.2) is 36.5 Å². The molecule has 0 spiro atoms. The molecule has 0 aromatic carbocycles. The molecule has 1 aliphatic carbocycles. The van der Waals surface area contributed by atoms with E-state index in [0.717, 1.165) is 10.8 Å². The van der Waals surface area contributed by atoms with Crippen LogP contribution >= 0.6 is 11.3 Å². The molecule has 5 rings (SSSR count). The molecule has 4 heteroatoms. The molecule has 4 fully saturated rings. The van der Waals surface area contributed by atoms with Crippen molar-refractivity contribution in [1.82, 2.24) is 10.2 Å². The standard InChI is InChI=1S/C14H18N2OS/c17-14(12-2-1-3-18-12)15-13-10-4-9-5-11(13)8-16(6-9)7-10/h1-3,9-11,13H,4-8H2,(H,15,17)/t9?,10-,11-,13?/m1/s1. The maximum atomic E-state index is 12.2. The van der Waals surface area contributed by atoms with E-state index in [1.807, 2.05) is 17.5 Å². The minimum absolute atomic E-state index is 0.137. The summed E-state index contributed by atoms with van der Waals surface area (Å²) >= 11 is 1.53. The first kappa shape index (κ1) is 11.0. The van der Waals surface area contributed by atoms with Gasteiger partial charge in [0.2, 0.25) is 0 Å². The number of nitrogens with zero attached hydrogens (tertiary/aromatic N) is 1. The van der Waals surface area contributed by atoms with E-state index < -0.39 is 0 Å². The Kier molecular flexibility index (Phi) is 2.49. The first-order chi connectivity index (χ1) is 8.79. The van der Waals surface area contributed by atoms with Crippen molar-refractivity contribution in [2.24, 2.45) is 17.8 Å². The Morgan fingerprint density at radius 1 is 1.28 bits per heavy atom. The van der Waals surface area contributed by atoms with E-state index in [1.54, 1.807) is 0 Å². The van der Waals surface area contributed by atoms with Crippen LogP contribution in [0.2, 0.25) is 0 Å². The minimum atomic E-state index is 0.137. The highest BCUT2D eigenvalue weighted by atomic mass is 32.1. The third kappa shape index (κ3) is 1.70. The number of hydrogen-bond acceptors (Lipinski definition) is 3. The molecule has 0 unspecified atom stereocenters. The van der Waals surface area contributed by atoms with Crippen molar-refractivity contribution in [3.05, 3.63) is 22.4 Å². The molecule has 1 aromatic heterocycles. The van der Waals surface area contributed by atoms with Gasteiger partial charge < -0.3 is 10.2 Å². The van der Waals surface area contributed by atoms with Gasteiger partial charge in [-0.15, -0.1) is 11.3 Å². The van der Waals surface area contributed by atoms with Crippen LogP contribution in [0.15, 0.2) is 17.5 Å². The molecule has 3 saturated heterocycles. The van der Waals surface area contributed by atoms with Crippen LogP contribution < -0.4 is 5.32 Å². The second kappa shape index (κ2) is 4.07. The average molecular weight is 262 g/mol. The molecule has 3 aliphatic heterocycles. The number of thiophene rings is 1. The molecule has 2 atom stereocenters. The van der Waals surface area contributed by atoms with E-state index >= 15 is 0 Å². The smallest absolute Gasteiger partial charge is 0.261 e. The number of amides is 1. The fraction of sp³-hybridized carbons (Fsp3) is 0.643. The molecule has 1 aromatic rings. The molecule has 0 radical (unpaired) electrons. The first-order valence-corrected chi connectivity index (χ1v) is 7.74. The first-order valence-electron chi connectivity index (χ1n) is 6.86. The summed E-state index contributed by atoms with van der Waals surface area (Å²) in [6.45, 7) is 3.70. The van der Waals surface area contributed by atoms with Crippen molar-refractivity contribution in [3.8, 4) is 0 Å². The van der Waals surface area contributed by atoms with E-state index in [9.17, 15) is 4.79 Å². The molecular weight excluding hydrogens is 244 g/mol. The van der Waals surface area contributed by atoms with Gasteiger partial charge in [0.1, 0.15) is 0 Å². The number of rotatable bonds is 2. The lowest BCUT2D eigenvalue weighted by molar-refractivity contribution is -0.0418. The fourth-order valence-electron chi connectivity index (χ4n) is 4.27. The molecule has 1 amide bonds. The van der Waals surface area contributed by atoms with Crippen molar-refractivity contribution in [2.75, 3.05) is 19.6 Å². The van der Waals surface area contributed by atoms with Crippen molar-refractivity contribution in [1.29, 1.82) is 0 Å². The van der Waals surface area contributed by atoms with Crippen LogP contribution in [-0.2, 0) is 0 Å². The van der Waals surface area contributed by atoms with Crippen LogP contribution in [0.5, 0.6) is 0 Å². The van der Waals surface area contributed by atoms with Crippen molar-refractivity contribution in [3.63, 3.8) is 0 Å². The maximum Gasteiger partial charge on any atom is 0.261 e. The summed E-state index contributed by atoms with van der Waals surface area (Å²) in [5.41, 5.74) is 0. The zero-order chi connectivity index (χ0) is 12.1. The highest BCUT2D eigenvalue weighted by molar-refractivity contribution is 7.12. The van der Waals surface area contributed by atoms with Gasteiger partial charge in [0.25, 0.3) is 5.91 Å². The van der Waals surface area contributed by atoms with Crippen molar-refractivity contribution < 1.29 is 4.79 Å². The lowest BCUT2D eigenvalue weighted by atomic mass is 9.65. The van der Waals surface area contributed by atoms with Crippen molar-refractivity contribution in [2.45, 2.75) is 18.9 Å². The zero-order valence-electron chi connectivity index (χ0n) is 10.3. The van der Waals surface area contributed by atoms with Gasteiger partial charge in [-0.3, -0.25) is 4.79 Å². The summed E-state index contributed by atoms with van der Waals surface area (Å²) in [5, 5.41) is 5.28. The number of nitrogens with one attached hydrogen (secondary N) is 1. The molecule has 1 N–H and O–H groups in total. The fourth-order valence-corrected chi connectivity index (χ4v) is 4.90. The normalized spacial score (nSPS) is 41.0. The summed E-state index contributed by atoms with van der Waals surface area (Å²) in [6, 6.07) is 4.29. The summed E-state index contributed by atoms with van der Waals surface area (Å²) in [6.07, 6.45) is 2.64.